The number of hydrogen-bond acceptors (Lipinski definition) is 11. The monoisotopic (exact) mass is 482 g/mol. The lowest BCUT2D eigenvalue weighted by atomic mass is 10.0. The summed E-state index contributed by atoms with van der Waals surface area (Å²) >= 11 is 2.39. The van der Waals surface area contributed by atoms with E-state index in [0.29, 0.717) is 11.3 Å². The zero-order valence-electron chi connectivity index (χ0n) is 17.3. The molecular weight excluding hydrogens is 460 g/mol. The topological polar surface area (TPSA) is 161 Å². The quantitative estimate of drug-likeness (QED) is 0.269. The van der Waals surface area contributed by atoms with Crippen molar-refractivity contribution in [3.8, 4) is 0 Å². The molecule has 1 aromatic rings. The van der Waals surface area contributed by atoms with E-state index in [4.69, 9.17) is 15.2 Å². The molecular formula is C19H22N4O7S2. The number of thioether (sulfide) groups is 1. The van der Waals surface area contributed by atoms with Crippen LogP contribution in [-0.2, 0) is 28.7 Å². The number of rotatable bonds is 8. The molecule has 1 aromatic heterocycles. The molecule has 13 heteroatoms. The number of nitrogen functional groups attached to an aromatic ring is 1. The van der Waals surface area contributed by atoms with E-state index in [9.17, 15) is 24.3 Å². The van der Waals surface area contributed by atoms with Gasteiger partial charge in [-0.1, -0.05) is 19.6 Å². The first-order valence-corrected chi connectivity index (χ1v) is 11.5. The molecule has 2 aliphatic rings. The molecule has 0 aliphatic carbocycles. The number of carbonyl (C=O) groups is 4. The van der Waals surface area contributed by atoms with Gasteiger partial charge in [0.05, 0.1) is 5.69 Å². The lowest BCUT2D eigenvalue weighted by Crippen LogP contribution is -2.71. The van der Waals surface area contributed by atoms with Gasteiger partial charge in [-0.25, -0.2) is 9.78 Å². The van der Waals surface area contributed by atoms with Crippen LogP contribution in [0.5, 0.6) is 0 Å². The van der Waals surface area contributed by atoms with Crippen molar-refractivity contribution in [2.75, 3.05) is 11.5 Å². The molecule has 3 heterocycles. The Kier molecular flexibility index (Phi) is 7.21. The van der Waals surface area contributed by atoms with Crippen LogP contribution < -0.4 is 11.1 Å². The number of allylic oxidation sites excluding steroid dienone is 1. The molecule has 3 unspecified atom stereocenters. The Balaban J connectivity index is 1.73. The second-order valence-corrected chi connectivity index (χ2v) is 8.83. The highest BCUT2D eigenvalue weighted by Gasteiger charge is 2.54. The number of aliphatic hydroxyl groups is 1. The highest BCUT2D eigenvalue weighted by atomic mass is 32.2. The van der Waals surface area contributed by atoms with Gasteiger partial charge in [0.1, 0.15) is 17.1 Å². The average molecular weight is 483 g/mol. The van der Waals surface area contributed by atoms with Crippen LogP contribution in [-0.4, -0.2) is 62.2 Å². The van der Waals surface area contributed by atoms with Crippen molar-refractivity contribution >= 4 is 52.0 Å². The molecule has 172 valence electrons. The van der Waals surface area contributed by atoms with Gasteiger partial charge in [-0.3, -0.25) is 19.3 Å². The van der Waals surface area contributed by atoms with Crippen LogP contribution in [0.1, 0.15) is 32.1 Å². The summed E-state index contributed by atoms with van der Waals surface area (Å²) in [6.45, 7) is 6.54. The van der Waals surface area contributed by atoms with Gasteiger partial charge < -0.3 is 25.6 Å². The van der Waals surface area contributed by atoms with E-state index in [1.807, 2.05) is 0 Å². The third-order valence-corrected chi connectivity index (χ3v) is 6.67. The third kappa shape index (κ3) is 4.64. The molecule has 11 nitrogen and oxygen atoms in total. The van der Waals surface area contributed by atoms with Gasteiger partial charge in [-0.15, -0.1) is 23.1 Å². The number of fused-ring (bicyclic) bond motifs is 1. The number of thiazole rings is 1. The number of anilines is 1. The molecule has 1 saturated heterocycles. The Bertz CT molecular complexity index is 992. The van der Waals surface area contributed by atoms with Gasteiger partial charge in [0.15, 0.2) is 11.2 Å². The summed E-state index contributed by atoms with van der Waals surface area (Å²) in [4.78, 5) is 54.3. The van der Waals surface area contributed by atoms with Gasteiger partial charge >= 0.3 is 11.9 Å². The number of aromatic nitrogens is 1. The fourth-order valence-corrected chi connectivity index (χ4v) is 5.05. The van der Waals surface area contributed by atoms with Crippen LogP contribution >= 0.6 is 23.1 Å². The van der Waals surface area contributed by atoms with Crippen molar-refractivity contribution < 1.29 is 33.8 Å². The van der Waals surface area contributed by atoms with Crippen molar-refractivity contribution in [3.05, 3.63) is 35.0 Å². The molecule has 4 atom stereocenters. The predicted molar refractivity (Wildman–Crippen MR) is 116 cm³/mol. The Labute approximate surface area is 191 Å². The summed E-state index contributed by atoms with van der Waals surface area (Å²) < 4.78 is 10.2. The Hall–Kier alpha value is -2.90. The normalized spacial score (nSPS) is 21.7. The average Bonchev–Trinajstić information content (AvgIpc) is 3.20. The summed E-state index contributed by atoms with van der Waals surface area (Å²) in [6, 6.07) is -0.956. The van der Waals surface area contributed by atoms with E-state index in [-0.39, 0.29) is 22.9 Å². The standard InChI is InChI=1S/C19H22N4O7S2/c1-4-9-6-31-17-12(22-15(26)14(25)10-7-32-19(20)21-10)16(27)23(17)13(9)18(28)30-11(5-2)29-8(3)24/h4,7,11-12,14,17,25H,1,5-6H2,2-3H3,(H2,20,21)(H,22,26)/t11?,12?,14?,17-/m0/s1. The summed E-state index contributed by atoms with van der Waals surface area (Å²) in [7, 11) is 0. The minimum Gasteiger partial charge on any atom is -0.425 e. The van der Waals surface area contributed by atoms with Gasteiger partial charge in [0.25, 0.3) is 11.8 Å². The van der Waals surface area contributed by atoms with Crippen LogP contribution in [0.15, 0.2) is 29.3 Å². The predicted octanol–water partition coefficient (Wildman–Crippen LogP) is 0.441. The van der Waals surface area contributed by atoms with Gasteiger partial charge in [-0.05, 0) is 5.57 Å². The second kappa shape index (κ2) is 9.71. The summed E-state index contributed by atoms with van der Waals surface area (Å²) in [5.74, 6) is -2.47. The first-order chi connectivity index (χ1) is 15.2. The molecule has 0 bridgehead atoms. The van der Waals surface area contributed by atoms with E-state index in [0.717, 1.165) is 11.3 Å². The van der Waals surface area contributed by atoms with Crippen LogP contribution in [0.3, 0.4) is 0 Å². The maximum absolute atomic E-state index is 12.8. The number of ether oxygens (including phenoxy) is 2. The van der Waals surface area contributed by atoms with Crippen LogP contribution in [0, 0.1) is 0 Å². The number of amides is 2. The van der Waals surface area contributed by atoms with Crippen LogP contribution in [0.2, 0.25) is 0 Å². The number of nitrogens with one attached hydrogen (secondary N) is 1. The highest BCUT2D eigenvalue weighted by molar-refractivity contribution is 8.00. The van der Waals surface area contributed by atoms with E-state index in [1.165, 1.54) is 35.0 Å². The number of hydrogen-bond donors (Lipinski definition) is 3. The summed E-state index contributed by atoms with van der Waals surface area (Å²) in [6.07, 6.45) is -1.01. The fraction of sp³-hybridized carbons (Fsp3) is 0.421. The Morgan fingerprint density at radius 2 is 2.19 bits per heavy atom. The highest BCUT2D eigenvalue weighted by Crippen LogP contribution is 2.41. The molecule has 0 spiro atoms. The van der Waals surface area contributed by atoms with Gasteiger partial charge in [-0.2, -0.15) is 0 Å². The van der Waals surface area contributed by atoms with E-state index in [2.05, 4.69) is 16.9 Å². The molecule has 0 saturated carbocycles. The van der Waals surface area contributed by atoms with E-state index in [1.54, 1.807) is 6.92 Å². The minimum atomic E-state index is -1.59. The van der Waals surface area contributed by atoms with Crippen molar-refractivity contribution in [3.63, 3.8) is 0 Å². The maximum atomic E-state index is 12.8. The zero-order chi connectivity index (χ0) is 23.6. The lowest BCUT2D eigenvalue weighted by Gasteiger charge is -2.49. The maximum Gasteiger partial charge on any atom is 0.358 e. The summed E-state index contributed by atoms with van der Waals surface area (Å²) in [5.41, 5.74) is 6.06. The third-order valence-electron chi connectivity index (χ3n) is 4.67. The lowest BCUT2D eigenvalue weighted by molar-refractivity contribution is -0.186. The fourth-order valence-electron chi connectivity index (χ4n) is 3.13. The van der Waals surface area contributed by atoms with Crippen molar-refractivity contribution in [1.29, 1.82) is 0 Å². The van der Waals surface area contributed by atoms with Crippen LogP contribution in [0.4, 0.5) is 5.13 Å². The smallest absolute Gasteiger partial charge is 0.358 e. The van der Waals surface area contributed by atoms with Crippen molar-refractivity contribution in [2.45, 2.75) is 44.1 Å². The number of carbonyl (C=O) groups excluding carboxylic acids is 4. The molecule has 2 amide bonds. The van der Waals surface area contributed by atoms with Crippen LogP contribution in [0.25, 0.3) is 0 Å². The van der Waals surface area contributed by atoms with Crippen molar-refractivity contribution in [2.24, 2.45) is 0 Å². The van der Waals surface area contributed by atoms with E-state index >= 15 is 0 Å². The number of esters is 2. The summed E-state index contributed by atoms with van der Waals surface area (Å²) in [5, 5.41) is 13.7. The Morgan fingerprint density at radius 3 is 2.75 bits per heavy atom. The minimum absolute atomic E-state index is 0.0160. The van der Waals surface area contributed by atoms with Crippen molar-refractivity contribution in [1.82, 2.24) is 15.2 Å². The van der Waals surface area contributed by atoms with Gasteiger partial charge in [0.2, 0.25) is 6.29 Å². The number of β-lactam (4-membered cyclic amide) rings is 1. The molecule has 0 aromatic carbocycles. The first kappa shape index (κ1) is 23.8. The number of nitrogens with two attached hydrogens (primary N) is 1. The first-order valence-electron chi connectivity index (χ1n) is 9.55. The molecule has 0 radical (unpaired) electrons. The Morgan fingerprint density at radius 1 is 1.47 bits per heavy atom. The molecule has 32 heavy (non-hydrogen) atoms. The molecule has 3 rings (SSSR count). The second-order valence-electron chi connectivity index (χ2n) is 6.84. The molecule has 1 fully saturated rings. The zero-order valence-corrected chi connectivity index (χ0v) is 18.9. The van der Waals surface area contributed by atoms with E-state index < -0.39 is 47.6 Å². The number of aliphatic hydroxyl groups excluding tert-OH is 1. The molecule has 4 N–H and O–H groups in total. The molecule has 2 aliphatic heterocycles. The SMILES string of the molecule is C=CC1=C(C(=O)OC(CC)OC(C)=O)N2C(=O)C(NC(=O)C(O)c3csc(N)n3)[C@@H]2SC1. The number of nitrogens with zero attached hydrogens (tertiary/aromatic N) is 2. The van der Waals surface area contributed by atoms with Gasteiger partial charge in [0, 0.05) is 24.5 Å². The largest absolute Gasteiger partial charge is 0.425 e.